The van der Waals surface area contributed by atoms with Gasteiger partial charge in [0, 0.05) is 29.9 Å². The number of pyridine rings is 1. The Balaban J connectivity index is 1.89. The Bertz CT molecular complexity index is 996. The van der Waals surface area contributed by atoms with Crippen molar-refractivity contribution < 1.29 is 14.2 Å². The highest BCUT2D eigenvalue weighted by Crippen LogP contribution is 2.42. The first-order chi connectivity index (χ1) is 14.7. The van der Waals surface area contributed by atoms with E-state index in [9.17, 15) is 0 Å². The van der Waals surface area contributed by atoms with Crippen molar-refractivity contribution in [2.24, 2.45) is 0 Å². The van der Waals surface area contributed by atoms with Crippen molar-refractivity contribution >= 4 is 5.69 Å². The highest BCUT2D eigenvalue weighted by molar-refractivity contribution is 5.90. The lowest BCUT2D eigenvalue weighted by molar-refractivity contribution is 0.122. The Morgan fingerprint density at radius 2 is 1.73 bits per heavy atom. The summed E-state index contributed by atoms with van der Waals surface area (Å²) in [5.41, 5.74) is 6.31. The van der Waals surface area contributed by atoms with Crippen LogP contribution in [0.25, 0.3) is 22.4 Å². The zero-order valence-electron chi connectivity index (χ0n) is 17.9. The second-order valence-electron chi connectivity index (χ2n) is 7.26. The smallest absolute Gasteiger partial charge is 0.143 e. The minimum Gasteiger partial charge on any atom is -0.497 e. The van der Waals surface area contributed by atoms with Gasteiger partial charge < -0.3 is 19.1 Å². The van der Waals surface area contributed by atoms with Gasteiger partial charge in [0.1, 0.15) is 11.5 Å². The highest BCUT2D eigenvalue weighted by Gasteiger charge is 2.23. The standard InChI is InChI=1S/C25H28N2O3/c1-4-30-23-7-5-6-22(25(23)27-14-16-29-17-15-27)24-21(13-8-18(2)26-24)19-9-11-20(28-3)12-10-19/h5-13H,4,14-17H2,1-3H3. The molecule has 0 aliphatic carbocycles. The van der Waals surface area contributed by atoms with E-state index in [0.29, 0.717) is 19.8 Å². The van der Waals surface area contributed by atoms with Gasteiger partial charge in [-0.2, -0.15) is 0 Å². The number of nitrogens with zero attached hydrogens (tertiary/aromatic N) is 2. The zero-order valence-corrected chi connectivity index (χ0v) is 17.9. The quantitative estimate of drug-likeness (QED) is 0.580. The molecule has 0 radical (unpaired) electrons. The van der Waals surface area contributed by atoms with Crippen molar-refractivity contribution in [2.45, 2.75) is 13.8 Å². The number of hydrogen-bond acceptors (Lipinski definition) is 5. The number of para-hydroxylation sites is 1. The van der Waals surface area contributed by atoms with E-state index in [4.69, 9.17) is 19.2 Å². The van der Waals surface area contributed by atoms with Crippen LogP contribution in [0.1, 0.15) is 12.6 Å². The van der Waals surface area contributed by atoms with E-state index in [1.165, 1.54) is 0 Å². The molecule has 0 bridgehead atoms. The summed E-state index contributed by atoms with van der Waals surface area (Å²) in [6.07, 6.45) is 0. The minimum absolute atomic E-state index is 0.618. The molecule has 0 unspecified atom stereocenters. The zero-order chi connectivity index (χ0) is 20.9. The van der Waals surface area contributed by atoms with E-state index >= 15 is 0 Å². The van der Waals surface area contributed by atoms with E-state index in [1.807, 2.05) is 38.1 Å². The Morgan fingerprint density at radius 1 is 0.967 bits per heavy atom. The van der Waals surface area contributed by atoms with E-state index in [0.717, 1.165) is 58.4 Å². The van der Waals surface area contributed by atoms with Crippen LogP contribution in [0.3, 0.4) is 0 Å². The number of morpholine rings is 1. The molecular weight excluding hydrogens is 376 g/mol. The number of rotatable bonds is 6. The second-order valence-corrected chi connectivity index (χ2v) is 7.26. The van der Waals surface area contributed by atoms with E-state index in [-0.39, 0.29) is 0 Å². The van der Waals surface area contributed by atoms with Gasteiger partial charge in [-0.05, 0) is 43.7 Å². The van der Waals surface area contributed by atoms with Crippen molar-refractivity contribution in [1.82, 2.24) is 4.98 Å². The molecule has 2 heterocycles. The molecule has 1 aromatic heterocycles. The minimum atomic E-state index is 0.618. The van der Waals surface area contributed by atoms with Crippen LogP contribution in [-0.2, 0) is 4.74 Å². The predicted molar refractivity (Wildman–Crippen MR) is 121 cm³/mol. The van der Waals surface area contributed by atoms with Gasteiger partial charge in [0.15, 0.2) is 0 Å². The van der Waals surface area contributed by atoms with Crippen LogP contribution < -0.4 is 14.4 Å². The summed E-state index contributed by atoms with van der Waals surface area (Å²) >= 11 is 0. The van der Waals surface area contributed by atoms with Crippen molar-refractivity contribution in [3.63, 3.8) is 0 Å². The maximum absolute atomic E-state index is 6.03. The largest absolute Gasteiger partial charge is 0.497 e. The van der Waals surface area contributed by atoms with Crippen molar-refractivity contribution in [3.8, 4) is 33.9 Å². The summed E-state index contributed by atoms with van der Waals surface area (Å²) in [6, 6.07) is 18.6. The number of ether oxygens (including phenoxy) is 3. The summed E-state index contributed by atoms with van der Waals surface area (Å²) in [4.78, 5) is 7.33. The van der Waals surface area contributed by atoms with Crippen LogP contribution in [-0.4, -0.2) is 45.0 Å². The van der Waals surface area contributed by atoms with Crippen LogP contribution >= 0.6 is 0 Å². The Morgan fingerprint density at radius 3 is 2.43 bits per heavy atom. The third-order valence-electron chi connectivity index (χ3n) is 5.32. The fourth-order valence-corrected chi connectivity index (χ4v) is 3.86. The molecular formula is C25H28N2O3. The summed E-state index contributed by atoms with van der Waals surface area (Å²) in [6.45, 7) is 7.76. The van der Waals surface area contributed by atoms with Gasteiger partial charge in [-0.3, -0.25) is 4.98 Å². The average Bonchev–Trinajstić information content (AvgIpc) is 2.80. The molecule has 1 aliphatic rings. The van der Waals surface area contributed by atoms with E-state index in [1.54, 1.807) is 7.11 Å². The number of anilines is 1. The topological polar surface area (TPSA) is 43.8 Å². The number of methoxy groups -OCH3 is 1. The maximum atomic E-state index is 6.03. The van der Waals surface area contributed by atoms with Crippen LogP contribution in [0.4, 0.5) is 5.69 Å². The molecule has 156 valence electrons. The molecule has 0 saturated carbocycles. The molecule has 0 amide bonds. The normalized spacial score (nSPS) is 13.9. The Hall–Kier alpha value is -3.05. The molecule has 5 nitrogen and oxygen atoms in total. The Labute approximate surface area is 178 Å². The van der Waals surface area contributed by atoms with Gasteiger partial charge in [0.05, 0.1) is 38.3 Å². The molecule has 3 aromatic rings. The summed E-state index contributed by atoms with van der Waals surface area (Å²) < 4.78 is 17.0. The molecule has 5 heteroatoms. The van der Waals surface area contributed by atoms with Crippen molar-refractivity contribution in [1.29, 1.82) is 0 Å². The Kier molecular flexibility index (Phi) is 6.19. The van der Waals surface area contributed by atoms with Gasteiger partial charge in [-0.1, -0.05) is 30.3 Å². The van der Waals surface area contributed by atoms with Gasteiger partial charge >= 0.3 is 0 Å². The summed E-state index contributed by atoms with van der Waals surface area (Å²) in [5.74, 6) is 1.73. The number of aryl methyl sites for hydroxylation is 1. The summed E-state index contributed by atoms with van der Waals surface area (Å²) in [7, 11) is 1.68. The SMILES string of the molecule is CCOc1cccc(-c2nc(C)ccc2-c2ccc(OC)cc2)c1N1CCOCC1. The van der Waals surface area contributed by atoms with E-state index in [2.05, 4.69) is 35.2 Å². The number of hydrogen-bond donors (Lipinski definition) is 0. The average molecular weight is 405 g/mol. The fraction of sp³-hybridized carbons (Fsp3) is 0.320. The number of aromatic nitrogens is 1. The first kappa shape index (κ1) is 20.2. The molecule has 4 rings (SSSR count). The van der Waals surface area contributed by atoms with Gasteiger partial charge in [0.2, 0.25) is 0 Å². The molecule has 1 aliphatic heterocycles. The van der Waals surface area contributed by atoms with Crippen LogP contribution in [0, 0.1) is 6.92 Å². The summed E-state index contributed by atoms with van der Waals surface area (Å²) in [5, 5.41) is 0. The van der Waals surface area contributed by atoms with Gasteiger partial charge in [-0.15, -0.1) is 0 Å². The first-order valence-corrected chi connectivity index (χ1v) is 10.4. The third-order valence-corrected chi connectivity index (χ3v) is 5.32. The van der Waals surface area contributed by atoms with Gasteiger partial charge in [0.25, 0.3) is 0 Å². The van der Waals surface area contributed by atoms with Crippen molar-refractivity contribution in [2.75, 3.05) is 44.9 Å². The highest BCUT2D eigenvalue weighted by atomic mass is 16.5. The van der Waals surface area contributed by atoms with Crippen LogP contribution in [0.5, 0.6) is 11.5 Å². The van der Waals surface area contributed by atoms with Crippen molar-refractivity contribution in [3.05, 3.63) is 60.3 Å². The molecule has 1 saturated heterocycles. The lowest BCUT2D eigenvalue weighted by atomic mass is 9.96. The third kappa shape index (κ3) is 4.12. The lowest BCUT2D eigenvalue weighted by Crippen LogP contribution is -2.36. The number of benzene rings is 2. The molecule has 30 heavy (non-hydrogen) atoms. The van der Waals surface area contributed by atoms with Gasteiger partial charge in [-0.25, -0.2) is 0 Å². The molecule has 0 atom stereocenters. The maximum Gasteiger partial charge on any atom is 0.143 e. The molecule has 2 aromatic carbocycles. The predicted octanol–water partition coefficient (Wildman–Crippen LogP) is 4.97. The van der Waals surface area contributed by atoms with Crippen LogP contribution in [0.2, 0.25) is 0 Å². The molecule has 0 N–H and O–H groups in total. The fourth-order valence-electron chi connectivity index (χ4n) is 3.86. The first-order valence-electron chi connectivity index (χ1n) is 10.4. The van der Waals surface area contributed by atoms with E-state index < -0.39 is 0 Å². The monoisotopic (exact) mass is 404 g/mol. The second kappa shape index (κ2) is 9.18. The van der Waals surface area contributed by atoms with Crippen LogP contribution in [0.15, 0.2) is 54.6 Å². The molecule has 0 spiro atoms. The lowest BCUT2D eigenvalue weighted by Gasteiger charge is -2.32. The molecule has 1 fully saturated rings.